The Morgan fingerprint density at radius 2 is 1.78 bits per heavy atom. The molecular formula is C32H30BrClN4O6S. The molecule has 0 bridgehead atoms. The molecule has 0 aromatic heterocycles. The summed E-state index contributed by atoms with van der Waals surface area (Å²) in [5.41, 5.74) is 3.17. The van der Waals surface area contributed by atoms with Gasteiger partial charge in [0.15, 0.2) is 0 Å². The lowest BCUT2D eigenvalue weighted by Crippen LogP contribution is -2.44. The molecule has 0 aliphatic carbocycles. The van der Waals surface area contributed by atoms with Gasteiger partial charge in [0.1, 0.15) is 4.90 Å². The lowest BCUT2D eigenvalue weighted by atomic mass is 9.98. The number of imide groups is 1. The molecule has 1 fully saturated rings. The van der Waals surface area contributed by atoms with Crippen LogP contribution in [0.15, 0.2) is 57.9 Å². The predicted molar refractivity (Wildman–Crippen MR) is 174 cm³/mol. The summed E-state index contributed by atoms with van der Waals surface area (Å²) < 4.78 is 30.0. The SMILES string of the molecule is CCC(=O)N1CCc2cc(Br)cc(S(=O)(=O)N3CCCC(C(=O)Nc4ccc(N5C(=O)c6ccc(Cl)cc6C5=O)c(C)c4)C3)c21. The summed E-state index contributed by atoms with van der Waals surface area (Å²) >= 11 is 9.47. The summed E-state index contributed by atoms with van der Waals surface area (Å²) in [4.78, 5) is 54.8. The first kappa shape index (κ1) is 31.4. The number of aryl methyl sites for hydroxylation is 1. The lowest BCUT2D eigenvalue weighted by Gasteiger charge is -2.32. The fraction of sp³-hybridized carbons (Fsp3) is 0.312. The van der Waals surface area contributed by atoms with E-state index >= 15 is 0 Å². The molecule has 6 rings (SSSR count). The number of benzene rings is 3. The second-order valence-electron chi connectivity index (χ2n) is 11.4. The predicted octanol–water partition coefficient (Wildman–Crippen LogP) is 5.55. The number of carbonyl (C=O) groups is 4. The molecule has 13 heteroatoms. The zero-order valence-corrected chi connectivity index (χ0v) is 27.8. The monoisotopic (exact) mass is 712 g/mol. The summed E-state index contributed by atoms with van der Waals surface area (Å²) in [6, 6.07) is 12.8. The number of fused-ring (bicyclic) bond motifs is 2. The molecule has 3 aliphatic rings. The summed E-state index contributed by atoms with van der Waals surface area (Å²) in [5.74, 6) is -2.01. The van der Waals surface area contributed by atoms with Gasteiger partial charge in [-0.2, -0.15) is 4.31 Å². The number of piperidine rings is 1. The Morgan fingerprint density at radius 3 is 2.51 bits per heavy atom. The van der Waals surface area contributed by atoms with Crippen molar-refractivity contribution in [2.24, 2.45) is 5.92 Å². The van der Waals surface area contributed by atoms with Crippen LogP contribution in [-0.4, -0.2) is 56.0 Å². The van der Waals surface area contributed by atoms with Crippen LogP contribution in [-0.2, 0) is 26.0 Å². The first-order valence-electron chi connectivity index (χ1n) is 14.6. The third-order valence-corrected chi connectivity index (χ3v) is 11.1. The third kappa shape index (κ3) is 5.58. The Labute approximate surface area is 274 Å². The van der Waals surface area contributed by atoms with Crippen molar-refractivity contribution in [2.45, 2.75) is 44.4 Å². The van der Waals surface area contributed by atoms with E-state index in [-0.39, 0.29) is 47.3 Å². The minimum absolute atomic E-state index is 0.00809. The summed E-state index contributed by atoms with van der Waals surface area (Å²) in [6.45, 7) is 4.16. The van der Waals surface area contributed by atoms with Gasteiger partial charge in [-0.05, 0) is 85.8 Å². The quantitative estimate of drug-likeness (QED) is 0.334. The van der Waals surface area contributed by atoms with E-state index < -0.39 is 27.8 Å². The van der Waals surface area contributed by atoms with Gasteiger partial charge >= 0.3 is 0 Å². The van der Waals surface area contributed by atoms with Gasteiger partial charge in [-0.1, -0.05) is 34.5 Å². The summed E-state index contributed by atoms with van der Waals surface area (Å²) in [5, 5.41) is 3.24. The smallest absolute Gasteiger partial charge is 0.266 e. The second-order valence-corrected chi connectivity index (χ2v) is 14.6. The molecule has 1 saturated heterocycles. The Morgan fingerprint density at radius 1 is 1.02 bits per heavy atom. The van der Waals surface area contributed by atoms with Crippen LogP contribution < -0.4 is 15.1 Å². The molecule has 1 N–H and O–H groups in total. The molecule has 0 radical (unpaired) electrons. The lowest BCUT2D eigenvalue weighted by molar-refractivity contribution is -0.121. The number of nitrogens with zero attached hydrogens (tertiary/aromatic N) is 3. The van der Waals surface area contributed by atoms with Crippen molar-refractivity contribution in [2.75, 3.05) is 34.8 Å². The van der Waals surface area contributed by atoms with Gasteiger partial charge in [-0.3, -0.25) is 19.2 Å². The average molecular weight is 714 g/mol. The van der Waals surface area contributed by atoms with E-state index in [0.29, 0.717) is 57.9 Å². The van der Waals surface area contributed by atoms with Crippen LogP contribution in [0.1, 0.15) is 58.0 Å². The fourth-order valence-electron chi connectivity index (χ4n) is 6.28. The average Bonchev–Trinajstić information content (AvgIpc) is 3.54. The Kier molecular flexibility index (Phi) is 8.36. The zero-order chi connectivity index (χ0) is 32.2. The first-order valence-corrected chi connectivity index (χ1v) is 17.2. The molecule has 3 aromatic rings. The van der Waals surface area contributed by atoms with Crippen molar-refractivity contribution >= 4 is 78.2 Å². The molecular weight excluding hydrogens is 684 g/mol. The third-order valence-electron chi connectivity index (χ3n) is 8.52. The van der Waals surface area contributed by atoms with Gasteiger partial charge in [0.05, 0.1) is 28.4 Å². The zero-order valence-electron chi connectivity index (χ0n) is 24.6. The van der Waals surface area contributed by atoms with Gasteiger partial charge < -0.3 is 10.2 Å². The molecule has 0 spiro atoms. The maximum absolute atomic E-state index is 14.0. The van der Waals surface area contributed by atoms with E-state index in [0.717, 1.165) is 10.5 Å². The van der Waals surface area contributed by atoms with Gasteiger partial charge in [0.25, 0.3) is 11.8 Å². The molecule has 10 nitrogen and oxygen atoms in total. The molecule has 45 heavy (non-hydrogen) atoms. The molecule has 3 heterocycles. The van der Waals surface area contributed by atoms with Crippen LogP contribution in [0, 0.1) is 12.8 Å². The normalized spacial score (nSPS) is 18.3. The molecule has 3 aromatic carbocycles. The van der Waals surface area contributed by atoms with Crippen LogP contribution in [0.3, 0.4) is 0 Å². The second kappa shape index (κ2) is 12.0. The van der Waals surface area contributed by atoms with Crippen LogP contribution in [0.4, 0.5) is 17.1 Å². The molecule has 4 amide bonds. The topological polar surface area (TPSA) is 124 Å². The fourth-order valence-corrected chi connectivity index (χ4v) is 8.89. The van der Waals surface area contributed by atoms with Crippen LogP contribution in [0.25, 0.3) is 0 Å². The maximum Gasteiger partial charge on any atom is 0.266 e. The van der Waals surface area contributed by atoms with Crippen LogP contribution >= 0.6 is 27.5 Å². The molecule has 1 atom stereocenters. The van der Waals surface area contributed by atoms with E-state index in [1.54, 1.807) is 43.0 Å². The number of nitrogens with one attached hydrogen (secondary N) is 1. The number of hydrogen-bond acceptors (Lipinski definition) is 6. The van der Waals surface area contributed by atoms with Crippen LogP contribution in [0.5, 0.6) is 0 Å². The van der Waals surface area contributed by atoms with E-state index in [1.807, 2.05) is 6.07 Å². The highest BCUT2D eigenvalue weighted by Crippen LogP contribution is 2.40. The molecule has 1 unspecified atom stereocenters. The van der Waals surface area contributed by atoms with Crippen molar-refractivity contribution in [1.29, 1.82) is 0 Å². The van der Waals surface area contributed by atoms with E-state index in [9.17, 15) is 27.6 Å². The number of hydrogen-bond donors (Lipinski definition) is 1. The van der Waals surface area contributed by atoms with Gasteiger partial charge in [-0.25, -0.2) is 13.3 Å². The standard InChI is InChI=1S/C32H30BrClN4O6S/c1-3-28(39)37-12-10-19-14-21(33)15-27(29(19)37)45(43,44)36-11-4-5-20(17-36)30(40)35-23-7-9-26(18(2)13-23)38-31(41)24-8-6-22(34)16-25(24)32(38)42/h6-9,13-16,20H,3-5,10-12,17H2,1-2H3,(H,35,40). The first-order chi connectivity index (χ1) is 21.4. The Hall–Kier alpha value is -3.58. The number of halogens is 2. The van der Waals surface area contributed by atoms with Crippen LogP contribution in [0.2, 0.25) is 5.02 Å². The highest BCUT2D eigenvalue weighted by Gasteiger charge is 2.39. The minimum atomic E-state index is -4.03. The Balaban J connectivity index is 1.19. The summed E-state index contributed by atoms with van der Waals surface area (Å²) in [6.07, 6.45) is 1.82. The van der Waals surface area contributed by atoms with E-state index in [1.165, 1.54) is 22.5 Å². The number of rotatable bonds is 6. The highest BCUT2D eigenvalue weighted by molar-refractivity contribution is 9.10. The molecule has 3 aliphatic heterocycles. The van der Waals surface area contributed by atoms with Crippen molar-refractivity contribution in [3.63, 3.8) is 0 Å². The van der Waals surface area contributed by atoms with Crippen molar-refractivity contribution < 1.29 is 27.6 Å². The number of carbonyl (C=O) groups excluding carboxylic acids is 4. The summed E-state index contributed by atoms with van der Waals surface area (Å²) in [7, 11) is -4.03. The van der Waals surface area contributed by atoms with Gasteiger partial charge in [0, 0.05) is 41.2 Å². The van der Waals surface area contributed by atoms with Crippen molar-refractivity contribution in [1.82, 2.24) is 4.31 Å². The minimum Gasteiger partial charge on any atom is -0.326 e. The van der Waals surface area contributed by atoms with Gasteiger partial charge in [0.2, 0.25) is 21.8 Å². The number of sulfonamides is 1. The Bertz CT molecular complexity index is 1900. The van der Waals surface area contributed by atoms with Gasteiger partial charge in [-0.15, -0.1) is 0 Å². The molecule has 0 saturated carbocycles. The van der Waals surface area contributed by atoms with E-state index in [4.69, 9.17) is 11.6 Å². The highest BCUT2D eigenvalue weighted by atomic mass is 79.9. The molecule has 234 valence electrons. The number of anilines is 3. The largest absolute Gasteiger partial charge is 0.326 e. The van der Waals surface area contributed by atoms with Crippen molar-refractivity contribution in [3.8, 4) is 0 Å². The maximum atomic E-state index is 14.0. The van der Waals surface area contributed by atoms with E-state index in [2.05, 4.69) is 21.2 Å². The number of amides is 4. The van der Waals surface area contributed by atoms with Crippen molar-refractivity contribution in [3.05, 3.63) is 80.3 Å².